The Morgan fingerprint density at radius 3 is 2.65 bits per heavy atom. The fourth-order valence-corrected chi connectivity index (χ4v) is 2.35. The summed E-state index contributed by atoms with van der Waals surface area (Å²) in [4.78, 5) is 0. The van der Waals surface area contributed by atoms with Gasteiger partial charge in [-0.25, -0.2) is 0 Å². The Morgan fingerprint density at radius 1 is 1.20 bits per heavy atom. The van der Waals surface area contributed by atoms with E-state index in [4.69, 9.17) is 15.2 Å². The van der Waals surface area contributed by atoms with Crippen molar-refractivity contribution in [2.75, 3.05) is 32.8 Å². The van der Waals surface area contributed by atoms with Crippen molar-refractivity contribution in [1.29, 1.82) is 0 Å². The average molecular weight is 278 g/mol. The summed E-state index contributed by atoms with van der Waals surface area (Å²) in [6.45, 7) is 8.42. The minimum absolute atomic E-state index is 0.551. The zero-order valence-corrected chi connectivity index (χ0v) is 12.5. The lowest BCUT2D eigenvalue weighted by molar-refractivity contribution is 0.171. The van der Waals surface area contributed by atoms with Crippen LogP contribution in [0.1, 0.15) is 19.4 Å². The molecule has 1 aromatic rings. The fraction of sp³-hybridized carbons (Fsp3) is 0.625. The van der Waals surface area contributed by atoms with Crippen molar-refractivity contribution >= 4 is 0 Å². The van der Waals surface area contributed by atoms with E-state index in [1.165, 1.54) is 5.56 Å². The summed E-state index contributed by atoms with van der Waals surface area (Å²) in [6.07, 6.45) is 0.992. The molecule has 1 aliphatic heterocycles. The van der Waals surface area contributed by atoms with Crippen LogP contribution in [0.15, 0.2) is 18.2 Å². The van der Waals surface area contributed by atoms with E-state index >= 15 is 0 Å². The molecule has 0 saturated heterocycles. The van der Waals surface area contributed by atoms with Crippen LogP contribution in [-0.2, 0) is 6.42 Å². The largest absolute Gasteiger partial charge is 0.486 e. The molecule has 2 rings (SSSR count). The summed E-state index contributed by atoms with van der Waals surface area (Å²) in [5.41, 5.74) is 7.05. The van der Waals surface area contributed by atoms with Gasteiger partial charge >= 0.3 is 0 Å². The van der Waals surface area contributed by atoms with Gasteiger partial charge in [-0.15, -0.1) is 0 Å². The summed E-state index contributed by atoms with van der Waals surface area (Å²) in [5.74, 6) is 2.91. The van der Waals surface area contributed by atoms with Gasteiger partial charge in [-0.1, -0.05) is 19.9 Å². The van der Waals surface area contributed by atoms with Gasteiger partial charge in [-0.05, 0) is 55.6 Å². The Balaban J connectivity index is 1.77. The summed E-state index contributed by atoms with van der Waals surface area (Å²) < 4.78 is 11.1. The van der Waals surface area contributed by atoms with Crippen molar-refractivity contribution in [1.82, 2.24) is 5.32 Å². The number of nitrogens with one attached hydrogen (secondary N) is 1. The molecule has 1 unspecified atom stereocenters. The molecule has 0 fully saturated rings. The van der Waals surface area contributed by atoms with Crippen molar-refractivity contribution < 1.29 is 9.47 Å². The summed E-state index contributed by atoms with van der Waals surface area (Å²) in [6, 6.07) is 6.19. The Labute approximate surface area is 121 Å². The Kier molecular flexibility index (Phi) is 5.68. The summed E-state index contributed by atoms with van der Waals surface area (Å²) in [5, 5.41) is 3.49. The van der Waals surface area contributed by atoms with Crippen molar-refractivity contribution in [2.45, 2.75) is 20.3 Å². The number of hydrogen-bond acceptors (Lipinski definition) is 4. The van der Waals surface area contributed by atoms with Crippen molar-refractivity contribution in [3.05, 3.63) is 23.8 Å². The van der Waals surface area contributed by atoms with E-state index in [1.54, 1.807) is 0 Å². The van der Waals surface area contributed by atoms with Crippen molar-refractivity contribution in [3.8, 4) is 11.5 Å². The molecule has 4 heteroatoms. The van der Waals surface area contributed by atoms with E-state index in [2.05, 4.69) is 31.3 Å². The minimum atomic E-state index is 0.551. The molecule has 1 atom stereocenters. The topological polar surface area (TPSA) is 56.5 Å². The highest BCUT2D eigenvalue weighted by Gasteiger charge is 2.12. The van der Waals surface area contributed by atoms with Gasteiger partial charge in [-0.2, -0.15) is 0 Å². The molecule has 1 aromatic carbocycles. The molecular weight excluding hydrogens is 252 g/mol. The zero-order chi connectivity index (χ0) is 14.4. The van der Waals surface area contributed by atoms with Crippen LogP contribution in [0.5, 0.6) is 11.5 Å². The highest BCUT2D eigenvalue weighted by molar-refractivity contribution is 5.43. The highest BCUT2D eigenvalue weighted by Crippen LogP contribution is 2.30. The van der Waals surface area contributed by atoms with Crippen LogP contribution >= 0.6 is 0 Å². The van der Waals surface area contributed by atoms with Crippen molar-refractivity contribution in [2.24, 2.45) is 17.6 Å². The van der Waals surface area contributed by atoms with Crippen LogP contribution in [0.2, 0.25) is 0 Å². The van der Waals surface area contributed by atoms with Crippen LogP contribution in [0.25, 0.3) is 0 Å². The van der Waals surface area contributed by atoms with E-state index in [1.807, 2.05) is 6.07 Å². The van der Waals surface area contributed by atoms with Crippen LogP contribution in [0.4, 0.5) is 0 Å². The molecular formula is C16H26N2O2. The van der Waals surface area contributed by atoms with Gasteiger partial charge in [-0.3, -0.25) is 0 Å². The lowest BCUT2D eigenvalue weighted by atomic mass is 9.96. The number of benzene rings is 1. The maximum Gasteiger partial charge on any atom is 0.161 e. The molecule has 0 amide bonds. The van der Waals surface area contributed by atoms with Crippen molar-refractivity contribution in [3.63, 3.8) is 0 Å². The number of rotatable bonds is 7. The Hall–Kier alpha value is -1.26. The maximum atomic E-state index is 5.77. The lowest BCUT2D eigenvalue weighted by Crippen LogP contribution is -2.32. The summed E-state index contributed by atoms with van der Waals surface area (Å²) >= 11 is 0. The van der Waals surface area contributed by atoms with Crippen LogP contribution < -0.4 is 20.5 Å². The van der Waals surface area contributed by atoms with Gasteiger partial charge in [0.2, 0.25) is 0 Å². The van der Waals surface area contributed by atoms with Crippen LogP contribution in [0, 0.1) is 11.8 Å². The number of ether oxygens (including phenoxy) is 2. The predicted molar refractivity (Wildman–Crippen MR) is 81.4 cm³/mol. The van der Waals surface area contributed by atoms with Gasteiger partial charge in [0.25, 0.3) is 0 Å². The first kappa shape index (κ1) is 15.1. The third kappa shape index (κ3) is 4.12. The van der Waals surface area contributed by atoms with E-state index in [9.17, 15) is 0 Å². The maximum absolute atomic E-state index is 5.77. The van der Waals surface area contributed by atoms with Crippen LogP contribution in [-0.4, -0.2) is 32.8 Å². The Bertz CT molecular complexity index is 421. The number of fused-ring (bicyclic) bond motifs is 1. The average Bonchev–Trinajstić information content (AvgIpc) is 2.46. The molecule has 0 saturated carbocycles. The molecule has 1 aliphatic rings. The van der Waals surface area contributed by atoms with Gasteiger partial charge in [0.1, 0.15) is 13.2 Å². The summed E-state index contributed by atoms with van der Waals surface area (Å²) in [7, 11) is 0. The second-order valence-electron chi connectivity index (χ2n) is 5.67. The van der Waals surface area contributed by atoms with E-state index < -0.39 is 0 Å². The lowest BCUT2D eigenvalue weighted by Gasteiger charge is -2.20. The normalized spacial score (nSPS) is 15.4. The van der Waals surface area contributed by atoms with Gasteiger partial charge in [0.05, 0.1) is 0 Å². The smallest absolute Gasteiger partial charge is 0.161 e. The molecule has 20 heavy (non-hydrogen) atoms. The number of hydrogen-bond donors (Lipinski definition) is 2. The standard InChI is InChI=1S/C16H26N2O2/c1-12(2)14(10-17)11-18-6-5-13-3-4-15-16(9-13)20-8-7-19-15/h3-4,9,12,14,18H,5-8,10-11,17H2,1-2H3. The van der Waals surface area contributed by atoms with E-state index in [0.29, 0.717) is 25.0 Å². The molecule has 0 aliphatic carbocycles. The van der Waals surface area contributed by atoms with Gasteiger partial charge in [0, 0.05) is 0 Å². The SMILES string of the molecule is CC(C)C(CN)CNCCc1ccc2c(c1)OCCO2. The zero-order valence-electron chi connectivity index (χ0n) is 12.5. The third-order valence-corrected chi connectivity index (χ3v) is 3.85. The van der Waals surface area contributed by atoms with Gasteiger partial charge < -0.3 is 20.5 Å². The first-order valence-corrected chi connectivity index (χ1v) is 7.50. The Morgan fingerprint density at radius 2 is 1.95 bits per heavy atom. The van der Waals surface area contributed by atoms with E-state index in [-0.39, 0.29) is 0 Å². The first-order valence-electron chi connectivity index (χ1n) is 7.50. The number of nitrogens with two attached hydrogens (primary N) is 1. The highest BCUT2D eigenvalue weighted by atomic mass is 16.6. The monoisotopic (exact) mass is 278 g/mol. The minimum Gasteiger partial charge on any atom is -0.486 e. The first-order chi connectivity index (χ1) is 9.70. The second-order valence-corrected chi connectivity index (χ2v) is 5.67. The third-order valence-electron chi connectivity index (χ3n) is 3.85. The van der Waals surface area contributed by atoms with E-state index in [0.717, 1.165) is 37.6 Å². The molecule has 0 radical (unpaired) electrons. The molecule has 112 valence electrons. The van der Waals surface area contributed by atoms with Gasteiger partial charge in [0.15, 0.2) is 11.5 Å². The fourth-order valence-electron chi connectivity index (χ4n) is 2.35. The van der Waals surface area contributed by atoms with Crippen LogP contribution in [0.3, 0.4) is 0 Å². The predicted octanol–water partition coefficient (Wildman–Crippen LogP) is 1.82. The molecule has 0 aromatic heterocycles. The quantitative estimate of drug-likeness (QED) is 0.747. The molecule has 3 N–H and O–H groups in total. The molecule has 4 nitrogen and oxygen atoms in total. The molecule has 0 spiro atoms. The molecule has 0 bridgehead atoms. The second kappa shape index (κ2) is 7.50. The molecule has 1 heterocycles.